The molecule has 8 atom stereocenters. The fourth-order valence-corrected chi connectivity index (χ4v) is 9.07. The fraction of sp³-hybridized carbons (Fsp3) is 0.860. The van der Waals surface area contributed by atoms with Gasteiger partial charge in [-0.05, 0) is 44.9 Å². The van der Waals surface area contributed by atoms with Gasteiger partial charge in [-0.3, -0.25) is 13.8 Å². The average Bonchev–Trinajstić information content (AvgIpc) is 3.27. The van der Waals surface area contributed by atoms with Crippen molar-refractivity contribution in [2.75, 3.05) is 6.61 Å². The molecule has 0 aromatic heterocycles. The van der Waals surface area contributed by atoms with Crippen LogP contribution in [0.4, 0.5) is 0 Å². The van der Waals surface area contributed by atoms with Crippen molar-refractivity contribution in [2.45, 2.75) is 268 Å². The van der Waals surface area contributed by atoms with E-state index in [9.17, 15) is 50.0 Å². The first-order valence-corrected chi connectivity index (χ1v) is 27.0. The number of rotatable bonds is 42. The van der Waals surface area contributed by atoms with Crippen LogP contribution in [-0.4, -0.2) is 108 Å². The van der Waals surface area contributed by atoms with E-state index in [0.29, 0.717) is 12.8 Å². The smallest absolute Gasteiger partial charge is 0.393 e. The van der Waals surface area contributed by atoms with E-state index in [2.05, 4.69) is 43.5 Å². The summed E-state index contributed by atoms with van der Waals surface area (Å²) in [6.45, 7) is 3.65. The van der Waals surface area contributed by atoms with E-state index in [1.165, 1.54) is 128 Å². The van der Waals surface area contributed by atoms with Gasteiger partial charge in [-0.25, -0.2) is 4.57 Å². The maximum Gasteiger partial charge on any atom is 0.472 e. The Morgan fingerprint density at radius 1 is 0.578 bits per heavy atom. The zero-order chi connectivity index (χ0) is 47.3. The Balaban J connectivity index is 2.47. The second-order valence-electron chi connectivity index (χ2n) is 18.2. The highest BCUT2D eigenvalue weighted by atomic mass is 31.2. The Morgan fingerprint density at radius 2 is 1.00 bits per heavy atom. The highest BCUT2D eigenvalue weighted by Crippen LogP contribution is 2.47. The molecule has 8 unspecified atom stereocenters. The molecular formula is C50H94NO12P. The van der Waals surface area contributed by atoms with E-state index >= 15 is 0 Å². The average molecular weight is 932 g/mol. The predicted molar refractivity (Wildman–Crippen MR) is 257 cm³/mol. The van der Waals surface area contributed by atoms with Gasteiger partial charge < -0.3 is 46.0 Å². The van der Waals surface area contributed by atoms with Crippen LogP contribution in [0.15, 0.2) is 36.5 Å². The molecule has 0 heterocycles. The van der Waals surface area contributed by atoms with Crippen molar-refractivity contribution in [3.8, 4) is 0 Å². The molecule has 0 radical (unpaired) electrons. The zero-order valence-electron chi connectivity index (χ0n) is 39.9. The van der Waals surface area contributed by atoms with Gasteiger partial charge in [0.1, 0.15) is 36.6 Å². The molecule has 9 N–H and O–H groups in total. The third-order valence-corrected chi connectivity index (χ3v) is 13.2. The molecule has 1 fully saturated rings. The minimum Gasteiger partial charge on any atom is -0.393 e. The Hall–Kier alpha value is -1.48. The summed E-state index contributed by atoms with van der Waals surface area (Å²) in [5.41, 5.74) is 0. The lowest BCUT2D eigenvalue weighted by Crippen LogP contribution is -2.64. The van der Waals surface area contributed by atoms with E-state index in [4.69, 9.17) is 9.05 Å². The second kappa shape index (κ2) is 39.5. The molecule has 0 saturated heterocycles. The Bertz CT molecular complexity index is 1240. The molecule has 0 bridgehead atoms. The van der Waals surface area contributed by atoms with Crippen molar-refractivity contribution >= 4 is 13.7 Å². The molecule has 0 aliphatic heterocycles. The summed E-state index contributed by atoms with van der Waals surface area (Å²) in [5, 5.41) is 74.6. The summed E-state index contributed by atoms with van der Waals surface area (Å²) in [5.74, 6) is -0.593. The number of nitrogens with one attached hydrogen (secondary N) is 1. The second-order valence-corrected chi connectivity index (χ2v) is 19.6. The van der Waals surface area contributed by atoms with Crippen LogP contribution in [0, 0.1) is 0 Å². The summed E-state index contributed by atoms with van der Waals surface area (Å²) >= 11 is 0. The first-order chi connectivity index (χ1) is 30.8. The molecule has 0 spiro atoms. The number of phosphoric acid groups is 1. The molecule has 13 nitrogen and oxygen atoms in total. The van der Waals surface area contributed by atoms with Crippen LogP contribution in [0.3, 0.4) is 0 Å². The first-order valence-electron chi connectivity index (χ1n) is 25.5. The Kier molecular flexibility index (Phi) is 37.4. The summed E-state index contributed by atoms with van der Waals surface area (Å²) in [6.07, 6.45) is 32.2. The zero-order valence-corrected chi connectivity index (χ0v) is 40.8. The Morgan fingerprint density at radius 3 is 1.48 bits per heavy atom. The van der Waals surface area contributed by atoms with Crippen molar-refractivity contribution < 1.29 is 59.0 Å². The van der Waals surface area contributed by atoms with Gasteiger partial charge in [-0.1, -0.05) is 198 Å². The lowest BCUT2D eigenvalue weighted by atomic mass is 9.85. The number of hydrogen-bond donors (Lipinski definition) is 9. The third kappa shape index (κ3) is 30.7. The van der Waals surface area contributed by atoms with Gasteiger partial charge in [0, 0.05) is 0 Å². The van der Waals surface area contributed by atoms with E-state index in [1.807, 2.05) is 0 Å². The number of amides is 1. The van der Waals surface area contributed by atoms with Crippen LogP contribution in [-0.2, 0) is 18.4 Å². The van der Waals surface area contributed by atoms with Crippen LogP contribution >= 0.6 is 7.82 Å². The minimum atomic E-state index is -5.14. The van der Waals surface area contributed by atoms with Crippen LogP contribution < -0.4 is 5.32 Å². The van der Waals surface area contributed by atoms with Crippen molar-refractivity contribution in [3.63, 3.8) is 0 Å². The van der Waals surface area contributed by atoms with Gasteiger partial charge in [-0.15, -0.1) is 0 Å². The van der Waals surface area contributed by atoms with Crippen LogP contribution in [0.1, 0.15) is 213 Å². The van der Waals surface area contributed by atoms with Crippen LogP contribution in [0.25, 0.3) is 0 Å². The highest BCUT2D eigenvalue weighted by molar-refractivity contribution is 7.47. The van der Waals surface area contributed by atoms with Gasteiger partial charge in [0.2, 0.25) is 5.91 Å². The predicted octanol–water partition coefficient (Wildman–Crippen LogP) is 9.31. The maximum atomic E-state index is 13.0. The Labute approximate surface area is 387 Å². The van der Waals surface area contributed by atoms with E-state index in [1.54, 1.807) is 6.08 Å². The summed E-state index contributed by atoms with van der Waals surface area (Å²) in [4.78, 5) is 23.5. The topological polar surface area (TPSA) is 226 Å². The molecule has 64 heavy (non-hydrogen) atoms. The lowest BCUT2D eigenvalue weighted by Gasteiger charge is -2.41. The summed E-state index contributed by atoms with van der Waals surface area (Å²) in [7, 11) is -5.14. The highest BCUT2D eigenvalue weighted by Gasteiger charge is 2.51. The molecule has 1 saturated carbocycles. The van der Waals surface area contributed by atoms with Gasteiger partial charge in [0.05, 0.1) is 31.3 Å². The number of aliphatic hydroxyl groups is 7. The van der Waals surface area contributed by atoms with Crippen molar-refractivity contribution in [3.05, 3.63) is 36.5 Å². The summed E-state index contributed by atoms with van der Waals surface area (Å²) in [6, 6.07) is -1.24. The van der Waals surface area contributed by atoms with Gasteiger partial charge in [0.25, 0.3) is 0 Å². The quantitative estimate of drug-likeness (QED) is 0.0159. The molecule has 0 aromatic carbocycles. The van der Waals surface area contributed by atoms with Crippen molar-refractivity contribution in [2.24, 2.45) is 0 Å². The molecule has 1 aliphatic rings. The van der Waals surface area contributed by atoms with Crippen molar-refractivity contribution in [1.82, 2.24) is 5.32 Å². The number of aliphatic hydroxyl groups excluding tert-OH is 7. The maximum absolute atomic E-state index is 13.0. The first kappa shape index (κ1) is 60.5. The molecule has 1 aliphatic carbocycles. The molecular weight excluding hydrogens is 838 g/mol. The molecule has 1 rings (SSSR count). The largest absolute Gasteiger partial charge is 0.472 e. The van der Waals surface area contributed by atoms with E-state index in [0.717, 1.165) is 57.8 Å². The number of phosphoric ester groups is 1. The SMILES string of the molecule is CC/C=C\C/C=C\CCCCCCCCCCCCCCC(O)CC(=O)NC(COP(=O)(O)OC1C(O)C(O)C(O)C(O)C1O)C(O)/C=C/CCCCCCCCCCCCCCC. The summed E-state index contributed by atoms with van der Waals surface area (Å²) < 4.78 is 22.9. The van der Waals surface area contributed by atoms with Crippen molar-refractivity contribution in [1.29, 1.82) is 0 Å². The number of carbonyl (C=O) groups excluding carboxylic acids is 1. The van der Waals surface area contributed by atoms with Gasteiger partial charge >= 0.3 is 7.82 Å². The molecule has 1 amide bonds. The molecule has 14 heteroatoms. The number of carbonyl (C=O) groups is 1. The molecule has 376 valence electrons. The van der Waals surface area contributed by atoms with Gasteiger partial charge in [-0.2, -0.15) is 0 Å². The lowest BCUT2D eigenvalue weighted by molar-refractivity contribution is -0.220. The number of hydrogen-bond acceptors (Lipinski definition) is 11. The van der Waals surface area contributed by atoms with E-state index in [-0.39, 0.29) is 6.42 Å². The molecule has 0 aromatic rings. The monoisotopic (exact) mass is 932 g/mol. The number of unbranched alkanes of at least 4 members (excludes halogenated alkanes) is 25. The fourth-order valence-electron chi connectivity index (χ4n) is 8.10. The number of allylic oxidation sites excluding steroid dienone is 5. The van der Waals surface area contributed by atoms with Gasteiger partial charge in [0.15, 0.2) is 0 Å². The minimum absolute atomic E-state index is 0.245. The normalized spacial score (nSPS) is 23.0. The van der Waals surface area contributed by atoms with Crippen LogP contribution in [0.5, 0.6) is 0 Å². The van der Waals surface area contributed by atoms with E-state index < -0.39 is 75.2 Å². The third-order valence-electron chi connectivity index (χ3n) is 12.2. The standard InChI is InChI=1S/C50H94NO12P/c1-3-5-7-9-11-13-15-17-19-20-21-22-24-25-27-29-31-33-35-37-41(52)39-44(54)51-42(40-62-64(60,61)63-50-48(58)46(56)45(55)47(57)49(50)59)43(53)38-36-34-32-30-28-26-23-18-16-14-12-10-8-6-4-2/h5,7,11,13,36,38,41-43,45-50,52-53,55-59H,3-4,6,8-10,12,14-35,37,39-40H2,1-2H3,(H,51,54)(H,60,61)/b7-5-,13-11-,38-36+. The van der Waals surface area contributed by atoms with Crippen LogP contribution in [0.2, 0.25) is 0 Å².